The Balaban J connectivity index is 2.11. The molecule has 0 N–H and O–H groups in total. The summed E-state index contributed by atoms with van der Waals surface area (Å²) in [6, 6.07) is 8.64. The second-order valence-corrected chi connectivity index (χ2v) is 4.96. The van der Waals surface area contributed by atoms with Gasteiger partial charge in [-0.1, -0.05) is 58.4 Å². The van der Waals surface area contributed by atoms with Crippen LogP contribution in [-0.4, -0.2) is 0 Å². The normalized spacial score (nSPS) is 22.6. The van der Waals surface area contributed by atoms with E-state index in [9.17, 15) is 0 Å². The number of halogens is 1. The fraction of sp³-hybridized carbons (Fsp3) is 0.143. The summed E-state index contributed by atoms with van der Waals surface area (Å²) in [7, 11) is 0. The maximum Gasteiger partial charge on any atom is 0.0175 e. The maximum atomic E-state index is 3.52. The second-order valence-electron chi connectivity index (χ2n) is 4.04. The predicted molar refractivity (Wildman–Crippen MR) is 67.8 cm³/mol. The molecule has 0 nitrogen and oxygen atoms in total. The first-order valence-corrected chi connectivity index (χ1v) is 5.97. The average molecular weight is 259 g/mol. The largest absolute Gasteiger partial charge is 0.0756 e. The van der Waals surface area contributed by atoms with E-state index in [-0.39, 0.29) is 0 Å². The van der Waals surface area contributed by atoms with Gasteiger partial charge in [0.15, 0.2) is 0 Å². The van der Waals surface area contributed by atoms with Crippen molar-refractivity contribution in [2.75, 3.05) is 0 Å². The van der Waals surface area contributed by atoms with E-state index in [0.29, 0.717) is 5.92 Å². The topological polar surface area (TPSA) is 0 Å². The fourth-order valence-electron chi connectivity index (χ4n) is 2.25. The molecular formula is C14H11Br. The molecule has 0 saturated carbocycles. The lowest BCUT2D eigenvalue weighted by atomic mass is 9.81. The summed E-state index contributed by atoms with van der Waals surface area (Å²) in [5.74, 6) is 0.571. The van der Waals surface area contributed by atoms with Crippen LogP contribution in [0.3, 0.4) is 0 Å². The van der Waals surface area contributed by atoms with Gasteiger partial charge < -0.3 is 0 Å². The number of allylic oxidation sites excluding steroid dienone is 5. The van der Waals surface area contributed by atoms with Crippen molar-refractivity contribution in [3.8, 4) is 0 Å². The van der Waals surface area contributed by atoms with Crippen molar-refractivity contribution < 1.29 is 0 Å². The van der Waals surface area contributed by atoms with Crippen LogP contribution in [0.2, 0.25) is 0 Å². The SMILES string of the molecule is BrC1=CC2=Cc3ccccc3CC2C=C1. The van der Waals surface area contributed by atoms with Gasteiger partial charge in [-0.25, -0.2) is 0 Å². The molecule has 1 heteroatoms. The molecule has 0 amide bonds. The summed E-state index contributed by atoms with van der Waals surface area (Å²) in [6.45, 7) is 0. The van der Waals surface area contributed by atoms with Crippen LogP contribution >= 0.6 is 15.9 Å². The van der Waals surface area contributed by atoms with E-state index in [4.69, 9.17) is 0 Å². The molecule has 1 aromatic carbocycles. The van der Waals surface area contributed by atoms with E-state index >= 15 is 0 Å². The van der Waals surface area contributed by atoms with Crippen LogP contribution in [0.25, 0.3) is 6.08 Å². The van der Waals surface area contributed by atoms with Gasteiger partial charge in [0.05, 0.1) is 0 Å². The quantitative estimate of drug-likeness (QED) is 0.658. The molecule has 0 saturated heterocycles. The molecule has 15 heavy (non-hydrogen) atoms. The molecule has 0 radical (unpaired) electrons. The van der Waals surface area contributed by atoms with Gasteiger partial charge >= 0.3 is 0 Å². The monoisotopic (exact) mass is 258 g/mol. The predicted octanol–water partition coefficient (Wildman–Crippen LogP) is 4.09. The van der Waals surface area contributed by atoms with E-state index in [1.54, 1.807) is 0 Å². The first-order valence-electron chi connectivity index (χ1n) is 5.18. The summed E-state index contributed by atoms with van der Waals surface area (Å²) >= 11 is 3.52. The highest BCUT2D eigenvalue weighted by Crippen LogP contribution is 2.34. The van der Waals surface area contributed by atoms with Gasteiger partial charge in [-0.05, 0) is 29.2 Å². The minimum atomic E-state index is 0.571. The third-order valence-electron chi connectivity index (χ3n) is 3.04. The van der Waals surface area contributed by atoms with Crippen molar-refractivity contribution in [2.45, 2.75) is 6.42 Å². The van der Waals surface area contributed by atoms with E-state index in [0.717, 1.165) is 6.42 Å². The highest BCUT2D eigenvalue weighted by molar-refractivity contribution is 9.11. The number of rotatable bonds is 0. The molecule has 1 unspecified atom stereocenters. The molecule has 0 fully saturated rings. The molecule has 0 bridgehead atoms. The van der Waals surface area contributed by atoms with Crippen LogP contribution in [0.1, 0.15) is 11.1 Å². The number of benzene rings is 1. The molecule has 1 atom stereocenters. The smallest absolute Gasteiger partial charge is 0.0175 e. The Morgan fingerprint density at radius 3 is 2.93 bits per heavy atom. The van der Waals surface area contributed by atoms with Crippen LogP contribution in [0.15, 0.2) is 52.5 Å². The second kappa shape index (κ2) is 3.49. The molecule has 2 aliphatic carbocycles. The van der Waals surface area contributed by atoms with Crippen molar-refractivity contribution in [3.63, 3.8) is 0 Å². The van der Waals surface area contributed by atoms with Gasteiger partial charge in [-0.3, -0.25) is 0 Å². The standard InChI is InChI=1S/C14H11Br/c15-14-6-5-12-7-10-3-1-2-4-11(10)8-13(12)9-14/h1-6,8-9,12H,7H2. The van der Waals surface area contributed by atoms with Crippen LogP contribution < -0.4 is 0 Å². The molecule has 3 rings (SSSR count). The van der Waals surface area contributed by atoms with Gasteiger partial charge in [-0.15, -0.1) is 0 Å². The Hall–Kier alpha value is -1.08. The van der Waals surface area contributed by atoms with E-state index < -0.39 is 0 Å². The summed E-state index contributed by atoms with van der Waals surface area (Å²) < 4.78 is 1.17. The van der Waals surface area contributed by atoms with Crippen molar-refractivity contribution in [3.05, 3.63) is 63.7 Å². The van der Waals surface area contributed by atoms with Crippen LogP contribution in [0, 0.1) is 5.92 Å². The van der Waals surface area contributed by atoms with Crippen LogP contribution in [0.5, 0.6) is 0 Å². The average Bonchev–Trinajstić information content (AvgIpc) is 2.26. The summed E-state index contributed by atoms with van der Waals surface area (Å²) in [6.07, 6.45) is 10.1. The highest BCUT2D eigenvalue weighted by Gasteiger charge is 2.19. The van der Waals surface area contributed by atoms with Gasteiger partial charge in [0.2, 0.25) is 0 Å². The Morgan fingerprint density at radius 2 is 2.00 bits per heavy atom. The first kappa shape index (κ1) is 9.17. The lowest BCUT2D eigenvalue weighted by Gasteiger charge is -2.24. The maximum absolute atomic E-state index is 3.52. The molecular weight excluding hydrogens is 248 g/mol. The minimum Gasteiger partial charge on any atom is -0.0756 e. The lowest BCUT2D eigenvalue weighted by molar-refractivity contribution is 0.758. The third kappa shape index (κ3) is 1.61. The van der Waals surface area contributed by atoms with Crippen molar-refractivity contribution in [1.29, 1.82) is 0 Å². The summed E-state index contributed by atoms with van der Waals surface area (Å²) in [4.78, 5) is 0. The zero-order valence-corrected chi connectivity index (χ0v) is 9.87. The Kier molecular flexibility index (Phi) is 2.14. The zero-order valence-electron chi connectivity index (χ0n) is 8.28. The van der Waals surface area contributed by atoms with Gasteiger partial charge in [0.1, 0.15) is 0 Å². The van der Waals surface area contributed by atoms with Crippen LogP contribution in [-0.2, 0) is 6.42 Å². The number of hydrogen-bond acceptors (Lipinski definition) is 0. The molecule has 1 aromatic rings. The first-order chi connectivity index (χ1) is 7.33. The molecule has 0 heterocycles. The minimum absolute atomic E-state index is 0.571. The van der Waals surface area contributed by atoms with E-state index in [1.807, 2.05) is 0 Å². The molecule has 0 aliphatic heterocycles. The summed E-state index contributed by atoms with van der Waals surface area (Å²) in [5, 5.41) is 0. The Labute approximate surface area is 98.1 Å². The summed E-state index contributed by atoms with van der Waals surface area (Å²) in [5.41, 5.74) is 4.25. The van der Waals surface area contributed by atoms with Gasteiger partial charge in [-0.2, -0.15) is 0 Å². The Bertz CT molecular complexity index is 492. The number of fused-ring (bicyclic) bond motifs is 2. The molecule has 2 aliphatic rings. The molecule has 74 valence electrons. The van der Waals surface area contributed by atoms with E-state index in [1.165, 1.54) is 21.2 Å². The third-order valence-corrected chi connectivity index (χ3v) is 3.53. The van der Waals surface area contributed by atoms with Crippen molar-refractivity contribution in [1.82, 2.24) is 0 Å². The van der Waals surface area contributed by atoms with Crippen molar-refractivity contribution in [2.24, 2.45) is 5.92 Å². The number of hydrogen-bond donors (Lipinski definition) is 0. The van der Waals surface area contributed by atoms with Gasteiger partial charge in [0, 0.05) is 10.4 Å². The molecule has 0 aromatic heterocycles. The van der Waals surface area contributed by atoms with Gasteiger partial charge in [0.25, 0.3) is 0 Å². The fourth-order valence-corrected chi connectivity index (χ4v) is 2.66. The Morgan fingerprint density at radius 1 is 1.13 bits per heavy atom. The molecule has 0 spiro atoms. The van der Waals surface area contributed by atoms with E-state index in [2.05, 4.69) is 64.5 Å². The van der Waals surface area contributed by atoms with Crippen molar-refractivity contribution >= 4 is 22.0 Å². The lowest BCUT2D eigenvalue weighted by Crippen LogP contribution is -2.11. The highest BCUT2D eigenvalue weighted by atomic mass is 79.9. The zero-order chi connectivity index (χ0) is 10.3. The van der Waals surface area contributed by atoms with Crippen LogP contribution in [0.4, 0.5) is 0 Å².